The van der Waals surface area contributed by atoms with Crippen LogP contribution in [0.3, 0.4) is 0 Å². The third-order valence-electron chi connectivity index (χ3n) is 0. The smallest absolute Gasteiger partial charge is 1.00 e. The van der Waals surface area contributed by atoms with Gasteiger partial charge >= 0.3 is 98.4 Å². The van der Waals surface area contributed by atoms with Crippen LogP contribution in [0.5, 0.6) is 0 Å². The van der Waals surface area contributed by atoms with Gasteiger partial charge in [0.15, 0.2) is 0 Å². The fourth-order valence-electron chi connectivity index (χ4n) is 0. The van der Waals surface area contributed by atoms with Crippen molar-refractivity contribution in [1.82, 2.24) is 0 Å². The molecule has 0 aliphatic heterocycles. The fraction of sp³-hybridized carbons (Fsp3) is 0. The summed E-state index contributed by atoms with van der Waals surface area (Å²) in [4.78, 5) is 14.2. The average molecular weight is 172 g/mol. The van der Waals surface area contributed by atoms with Gasteiger partial charge in [0.1, 0.15) is 0 Å². The van der Waals surface area contributed by atoms with Crippen LogP contribution in [0.25, 0.3) is 0 Å². The molecule has 0 saturated carbocycles. The monoisotopic (exact) mass is 172 g/mol. The zero-order valence-corrected chi connectivity index (χ0v) is 12.1. The van der Waals surface area contributed by atoms with E-state index in [-0.39, 0.29) is 99.9 Å². The standard InChI is InChI=1S/3Na.HO3P.H2O.3H/c;;;1-4(2)3;;;;/h;;;(H-,1,2,3);1H2;;;/q3*+1;;;3*-1/p+2. The minimum Gasteiger partial charge on any atom is -1.00 e. The van der Waals surface area contributed by atoms with Crippen molar-refractivity contribution in [3.05, 3.63) is 0 Å². The van der Waals surface area contributed by atoms with Crippen LogP contribution in [0.1, 0.15) is 5.71 Å². The first-order chi connectivity index (χ1) is 1.73. The topological polar surface area (TPSA) is 89.0 Å². The van der Waals surface area contributed by atoms with E-state index in [1.807, 2.05) is 0 Å². The van der Waals surface area contributed by atoms with E-state index in [4.69, 9.17) is 14.4 Å². The summed E-state index contributed by atoms with van der Waals surface area (Å²) < 4.78 is 8.70. The minimum atomic E-state index is -2.87. The van der Waals surface area contributed by atoms with Gasteiger partial charge in [-0.25, -0.2) is 0 Å². The van der Waals surface area contributed by atoms with Gasteiger partial charge in [-0.15, -0.1) is 9.79 Å². The van der Waals surface area contributed by atoms with Crippen molar-refractivity contribution in [2.75, 3.05) is 0 Å². The van der Waals surface area contributed by atoms with Crippen LogP contribution in [0.15, 0.2) is 0 Å². The maximum absolute atomic E-state index is 8.70. The molecule has 8 heavy (non-hydrogen) atoms. The second-order valence-electron chi connectivity index (χ2n) is 0.253. The van der Waals surface area contributed by atoms with E-state index in [1.54, 1.807) is 0 Å². The molecule has 0 aromatic heterocycles. The average Bonchev–Trinajstić information content (AvgIpc) is 0.811. The van der Waals surface area contributed by atoms with E-state index in [9.17, 15) is 0 Å². The molecule has 0 amide bonds. The molecule has 8 heteroatoms. The Morgan fingerprint density at radius 3 is 1.25 bits per heavy atom. The van der Waals surface area contributed by atoms with Crippen molar-refractivity contribution in [2.45, 2.75) is 0 Å². The van der Waals surface area contributed by atoms with Crippen molar-refractivity contribution in [3.8, 4) is 0 Å². The van der Waals surface area contributed by atoms with Gasteiger partial charge in [-0.3, -0.25) is 0 Å². The first kappa shape index (κ1) is 30.6. The molecular formula is H8Na3O4P+2. The largest absolute Gasteiger partial charge is 1.00 e. The molecule has 0 saturated heterocycles. The Kier molecular flexibility index (Phi) is 86.0. The molecule has 0 unspecified atom stereocenters. The van der Waals surface area contributed by atoms with Crippen molar-refractivity contribution in [1.29, 1.82) is 0 Å². The molecule has 0 rings (SSSR count). The van der Waals surface area contributed by atoms with Gasteiger partial charge in [-0.2, -0.15) is 0 Å². The molecule has 0 aromatic carbocycles. The second-order valence-corrected chi connectivity index (χ2v) is 0.758. The van der Waals surface area contributed by atoms with Crippen molar-refractivity contribution < 1.29 is 114 Å². The molecular weight excluding hydrogens is 164 g/mol. The summed E-state index contributed by atoms with van der Waals surface area (Å²) in [6.45, 7) is 0. The van der Waals surface area contributed by atoms with Gasteiger partial charge in [-0.1, -0.05) is 0 Å². The van der Waals surface area contributed by atoms with Crippen LogP contribution in [0.4, 0.5) is 0 Å². The van der Waals surface area contributed by atoms with Crippen LogP contribution in [0.2, 0.25) is 0 Å². The molecule has 0 fully saturated rings. The molecule has 0 bridgehead atoms. The van der Waals surface area contributed by atoms with Crippen LogP contribution >= 0.6 is 8.25 Å². The second kappa shape index (κ2) is 22.5. The predicted octanol–water partition coefficient (Wildman–Crippen LogP) is -9.73. The van der Waals surface area contributed by atoms with Gasteiger partial charge in [-0.05, 0) is 0 Å². The summed E-state index contributed by atoms with van der Waals surface area (Å²) in [6.07, 6.45) is 0. The summed E-state index contributed by atoms with van der Waals surface area (Å²) in [5, 5.41) is 0. The van der Waals surface area contributed by atoms with Crippen LogP contribution in [0, 0.1) is 0 Å². The van der Waals surface area contributed by atoms with E-state index >= 15 is 0 Å². The van der Waals surface area contributed by atoms with E-state index in [0.717, 1.165) is 0 Å². The zero-order chi connectivity index (χ0) is 3.58. The summed E-state index contributed by atoms with van der Waals surface area (Å²) >= 11 is 0. The number of hydrogen-bond donors (Lipinski definition) is 2. The van der Waals surface area contributed by atoms with Crippen molar-refractivity contribution in [2.24, 2.45) is 0 Å². The molecule has 0 aliphatic carbocycles. The van der Waals surface area contributed by atoms with Crippen LogP contribution in [-0.2, 0) is 4.57 Å². The van der Waals surface area contributed by atoms with Gasteiger partial charge in [0.25, 0.3) is 0 Å². The molecule has 0 aliphatic rings. The first-order valence-corrected chi connectivity index (χ1v) is 1.75. The molecule has 0 radical (unpaired) electrons. The van der Waals surface area contributed by atoms with Crippen molar-refractivity contribution in [3.63, 3.8) is 0 Å². The Morgan fingerprint density at radius 2 is 1.25 bits per heavy atom. The van der Waals surface area contributed by atoms with E-state index in [1.165, 1.54) is 0 Å². The quantitative estimate of drug-likeness (QED) is 0.281. The van der Waals surface area contributed by atoms with Crippen molar-refractivity contribution >= 4 is 8.25 Å². The third kappa shape index (κ3) is 64.4. The van der Waals surface area contributed by atoms with E-state index in [0.29, 0.717) is 0 Å². The van der Waals surface area contributed by atoms with Gasteiger partial charge < -0.3 is 9.76 Å². The van der Waals surface area contributed by atoms with Crippen LogP contribution < -0.4 is 88.7 Å². The first-order valence-electron chi connectivity index (χ1n) is 0.583. The molecule has 38 valence electrons. The summed E-state index contributed by atoms with van der Waals surface area (Å²) in [5.41, 5.74) is 0. The Hall–Kier alpha value is 2.98. The Balaban J connectivity index is -0.00000000161. The maximum Gasteiger partial charge on any atom is 1.00 e. The minimum absolute atomic E-state index is 0. The van der Waals surface area contributed by atoms with Gasteiger partial charge in [0, 0.05) is 4.57 Å². The Bertz CT molecular complexity index is 45.3. The van der Waals surface area contributed by atoms with Gasteiger partial charge in [0.2, 0.25) is 0 Å². The third-order valence-corrected chi connectivity index (χ3v) is 0. The zero-order valence-electron chi connectivity index (χ0n) is 9.25. The normalized spacial score (nSPS) is 3.25. The molecule has 0 spiro atoms. The van der Waals surface area contributed by atoms with Gasteiger partial charge in [0.05, 0.1) is 0 Å². The number of hydrogen-bond acceptors (Lipinski definition) is 1. The predicted molar refractivity (Wildman–Crippen MR) is 20.1 cm³/mol. The number of rotatable bonds is 0. The van der Waals surface area contributed by atoms with E-state index < -0.39 is 8.25 Å². The maximum atomic E-state index is 8.70. The van der Waals surface area contributed by atoms with Crippen LogP contribution in [-0.4, -0.2) is 15.3 Å². The molecule has 0 aromatic rings. The molecule has 0 atom stereocenters. The molecule has 4 nitrogen and oxygen atoms in total. The summed E-state index contributed by atoms with van der Waals surface area (Å²) in [5.74, 6) is 0. The molecule has 0 heterocycles. The SMILES string of the molecule is O.O=[P+](O)O.[H+].[H-].[H-].[H-].[Na+].[Na+].[Na+]. The van der Waals surface area contributed by atoms with E-state index in [2.05, 4.69) is 0 Å². The Morgan fingerprint density at radius 1 is 1.25 bits per heavy atom. The summed E-state index contributed by atoms with van der Waals surface area (Å²) in [7, 11) is -2.87. The summed E-state index contributed by atoms with van der Waals surface area (Å²) in [6, 6.07) is 0. The Labute approximate surface area is 121 Å². The molecule has 4 N–H and O–H groups in total. The fourth-order valence-corrected chi connectivity index (χ4v) is 0.